The Morgan fingerprint density at radius 3 is 2.79 bits per heavy atom. The third-order valence-corrected chi connectivity index (χ3v) is 7.14. The molecule has 1 aromatic heterocycles. The summed E-state index contributed by atoms with van der Waals surface area (Å²) in [4.78, 5) is 18.4. The van der Waals surface area contributed by atoms with Crippen molar-refractivity contribution in [3.63, 3.8) is 0 Å². The number of aromatic nitrogens is 2. The van der Waals surface area contributed by atoms with E-state index in [1.165, 1.54) is 30.2 Å². The van der Waals surface area contributed by atoms with Crippen molar-refractivity contribution in [3.8, 4) is 11.5 Å². The largest absolute Gasteiger partial charge is 0.495 e. The second-order valence-electron chi connectivity index (χ2n) is 7.88. The van der Waals surface area contributed by atoms with Crippen LogP contribution in [-0.2, 0) is 21.4 Å². The molecule has 0 radical (unpaired) electrons. The topological polar surface area (TPSA) is 124 Å². The number of fused-ring (bicyclic) bond motifs is 1. The number of nitrogens with one attached hydrogen (secondary N) is 1. The molecule has 1 amide bonds. The van der Waals surface area contributed by atoms with Crippen molar-refractivity contribution in [1.29, 1.82) is 0 Å². The molecule has 1 aliphatic heterocycles. The molecule has 0 unspecified atom stereocenters. The number of nitrogens with zero attached hydrogens (tertiary/aromatic N) is 3. The summed E-state index contributed by atoms with van der Waals surface area (Å²) < 4.78 is 44.7. The van der Waals surface area contributed by atoms with E-state index >= 15 is 0 Å². The summed E-state index contributed by atoms with van der Waals surface area (Å²) in [5.41, 5.74) is 0.626. The highest BCUT2D eigenvalue weighted by atomic mass is 32.2. The molecule has 11 heteroatoms. The smallest absolute Gasteiger partial charge is 0.265 e. The monoisotopic (exact) mass is 470 g/mol. The summed E-state index contributed by atoms with van der Waals surface area (Å²) in [6.45, 7) is -0.110. The molecule has 3 aromatic rings. The fourth-order valence-corrected chi connectivity index (χ4v) is 4.84. The van der Waals surface area contributed by atoms with E-state index in [1.54, 1.807) is 24.3 Å². The molecule has 2 heterocycles. The molecular formula is C22H22N4O6S. The van der Waals surface area contributed by atoms with E-state index < -0.39 is 10.0 Å². The van der Waals surface area contributed by atoms with Crippen molar-refractivity contribution < 1.29 is 27.2 Å². The van der Waals surface area contributed by atoms with Crippen LogP contribution in [0.2, 0.25) is 0 Å². The van der Waals surface area contributed by atoms with Gasteiger partial charge in [-0.25, -0.2) is 8.42 Å². The van der Waals surface area contributed by atoms with Crippen LogP contribution in [0.5, 0.6) is 11.5 Å². The number of carbonyl (C=O) groups excluding carboxylic acids is 1. The molecule has 0 spiro atoms. The van der Waals surface area contributed by atoms with Crippen LogP contribution in [0.25, 0.3) is 0 Å². The Kier molecular flexibility index (Phi) is 5.41. The summed E-state index contributed by atoms with van der Waals surface area (Å²) in [6, 6.07) is 11.0. The molecule has 1 N–H and O–H groups in total. The van der Waals surface area contributed by atoms with Crippen LogP contribution in [0.1, 0.15) is 36.9 Å². The first-order valence-electron chi connectivity index (χ1n) is 10.5. The molecule has 10 nitrogen and oxygen atoms in total. The standard InChI is InChI=1S/C22H22N4O6S/c1-30-18-8-3-2-7-16(18)25-33(28,29)15-9-10-19-17(11-15)26(21(27)13-31-19)12-20-23-22(32-24-20)14-5-4-6-14/h2-3,7-11,14,25H,4-6,12-13H2,1H3. The predicted octanol–water partition coefficient (Wildman–Crippen LogP) is 3.07. The van der Waals surface area contributed by atoms with Crippen molar-refractivity contribution in [1.82, 2.24) is 10.1 Å². The van der Waals surface area contributed by atoms with Gasteiger partial charge in [0.05, 0.1) is 29.9 Å². The Hall–Kier alpha value is -3.60. The van der Waals surface area contributed by atoms with Gasteiger partial charge in [0.25, 0.3) is 15.9 Å². The number of anilines is 2. The lowest BCUT2D eigenvalue weighted by atomic mass is 9.85. The lowest BCUT2D eigenvalue weighted by Crippen LogP contribution is -2.38. The number of methoxy groups -OCH3 is 1. The van der Waals surface area contributed by atoms with Gasteiger partial charge < -0.3 is 14.0 Å². The Bertz CT molecular complexity index is 1300. The average molecular weight is 471 g/mol. The molecule has 1 fully saturated rings. The Morgan fingerprint density at radius 1 is 1.21 bits per heavy atom. The van der Waals surface area contributed by atoms with Gasteiger partial charge in [-0.15, -0.1) is 0 Å². The molecule has 172 valence electrons. The quantitative estimate of drug-likeness (QED) is 0.559. The van der Waals surface area contributed by atoms with Crippen LogP contribution in [-0.4, -0.2) is 38.2 Å². The zero-order valence-corrected chi connectivity index (χ0v) is 18.7. The molecule has 33 heavy (non-hydrogen) atoms. The first-order chi connectivity index (χ1) is 15.9. The van der Waals surface area contributed by atoms with Gasteiger partial charge in [-0.3, -0.25) is 14.4 Å². The molecule has 0 atom stereocenters. The zero-order valence-electron chi connectivity index (χ0n) is 17.9. The summed E-state index contributed by atoms with van der Waals surface area (Å²) in [6.07, 6.45) is 3.17. The molecular weight excluding hydrogens is 448 g/mol. The number of amides is 1. The summed E-state index contributed by atoms with van der Waals surface area (Å²) in [5, 5.41) is 4.00. The van der Waals surface area contributed by atoms with E-state index in [4.69, 9.17) is 14.0 Å². The van der Waals surface area contributed by atoms with Crippen LogP contribution in [0.3, 0.4) is 0 Å². The highest BCUT2D eigenvalue weighted by molar-refractivity contribution is 7.92. The minimum absolute atomic E-state index is 0.0290. The van der Waals surface area contributed by atoms with Gasteiger partial charge in [0.15, 0.2) is 12.4 Å². The Labute approximate surface area is 190 Å². The lowest BCUT2D eigenvalue weighted by molar-refractivity contribution is -0.121. The van der Waals surface area contributed by atoms with E-state index in [0.29, 0.717) is 34.6 Å². The number of ether oxygens (including phenoxy) is 2. The zero-order chi connectivity index (χ0) is 23.0. The highest BCUT2D eigenvalue weighted by Gasteiger charge is 2.31. The number of carbonyl (C=O) groups is 1. The minimum Gasteiger partial charge on any atom is -0.495 e. The third kappa shape index (κ3) is 4.11. The molecule has 5 rings (SSSR count). The maximum absolute atomic E-state index is 13.1. The van der Waals surface area contributed by atoms with E-state index in [9.17, 15) is 13.2 Å². The molecule has 2 aromatic carbocycles. The fourth-order valence-electron chi connectivity index (χ4n) is 3.75. The second kappa shape index (κ2) is 8.39. The van der Waals surface area contributed by atoms with Crippen LogP contribution < -0.4 is 19.1 Å². The number of sulfonamides is 1. The minimum atomic E-state index is -3.97. The first kappa shape index (κ1) is 21.3. The van der Waals surface area contributed by atoms with Crippen molar-refractivity contribution in [2.45, 2.75) is 36.6 Å². The molecule has 0 saturated heterocycles. The summed E-state index contributed by atoms with van der Waals surface area (Å²) in [5.74, 6) is 1.67. The van der Waals surface area contributed by atoms with E-state index in [1.807, 2.05) is 0 Å². The maximum Gasteiger partial charge on any atom is 0.265 e. The van der Waals surface area contributed by atoms with Gasteiger partial charge >= 0.3 is 0 Å². The Balaban J connectivity index is 1.43. The van der Waals surface area contributed by atoms with Crippen molar-refractivity contribution in [2.75, 3.05) is 23.3 Å². The molecule has 1 aliphatic carbocycles. The van der Waals surface area contributed by atoms with E-state index in [-0.39, 0.29) is 29.9 Å². The maximum atomic E-state index is 13.1. The summed E-state index contributed by atoms with van der Waals surface area (Å²) >= 11 is 0. The number of hydrogen-bond acceptors (Lipinski definition) is 8. The molecule has 2 aliphatic rings. The van der Waals surface area contributed by atoms with Gasteiger partial charge in [0.1, 0.15) is 11.5 Å². The Morgan fingerprint density at radius 2 is 2.03 bits per heavy atom. The van der Waals surface area contributed by atoms with Crippen molar-refractivity contribution >= 4 is 27.3 Å². The average Bonchev–Trinajstić information content (AvgIpc) is 3.22. The van der Waals surface area contributed by atoms with Gasteiger partial charge in [-0.05, 0) is 43.2 Å². The molecule has 1 saturated carbocycles. The number of benzene rings is 2. The summed E-state index contributed by atoms with van der Waals surface area (Å²) in [7, 11) is -2.51. The van der Waals surface area contributed by atoms with Crippen LogP contribution in [0, 0.1) is 0 Å². The van der Waals surface area contributed by atoms with Crippen LogP contribution >= 0.6 is 0 Å². The van der Waals surface area contributed by atoms with Gasteiger partial charge in [-0.2, -0.15) is 4.98 Å². The van der Waals surface area contributed by atoms with E-state index in [0.717, 1.165) is 19.3 Å². The SMILES string of the molecule is COc1ccccc1NS(=O)(=O)c1ccc2c(c1)N(Cc1noc(C3CCC3)n1)C(=O)CO2. The second-order valence-corrected chi connectivity index (χ2v) is 9.56. The fraction of sp³-hybridized carbons (Fsp3) is 0.318. The van der Waals surface area contributed by atoms with Crippen molar-refractivity contribution in [2.24, 2.45) is 0 Å². The van der Waals surface area contributed by atoms with Crippen LogP contribution in [0.15, 0.2) is 51.9 Å². The van der Waals surface area contributed by atoms with Gasteiger partial charge in [0, 0.05) is 5.92 Å². The lowest BCUT2D eigenvalue weighted by Gasteiger charge is -2.28. The van der Waals surface area contributed by atoms with E-state index in [2.05, 4.69) is 14.9 Å². The third-order valence-electron chi connectivity index (χ3n) is 5.77. The highest BCUT2D eigenvalue weighted by Crippen LogP contribution is 2.37. The van der Waals surface area contributed by atoms with Gasteiger partial charge in [-0.1, -0.05) is 23.7 Å². The number of rotatable bonds is 7. The first-order valence-corrected chi connectivity index (χ1v) is 12.0. The van der Waals surface area contributed by atoms with Gasteiger partial charge in [0.2, 0.25) is 5.89 Å². The number of hydrogen-bond donors (Lipinski definition) is 1. The van der Waals surface area contributed by atoms with Crippen molar-refractivity contribution in [3.05, 3.63) is 54.2 Å². The predicted molar refractivity (Wildman–Crippen MR) is 118 cm³/mol. The molecule has 0 bridgehead atoms. The normalized spacial score (nSPS) is 16.0. The van der Waals surface area contributed by atoms with Crippen LogP contribution in [0.4, 0.5) is 11.4 Å². The number of para-hydroxylation sites is 2.